The van der Waals surface area contributed by atoms with Crippen LogP contribution in [0.25, 0.3) is 0 Å². The number of hydrogen-bond donors (Lipinski definition) is 2. The van der Waals surface area contributed by atoms with Crippen LogP contribution in [-0.2, 0) is 4.79 Å². The predicted octanol–water partition coefficient (Wildman–Crippen LogP) is 1.51. The van der Waals surface area contributed by atoms with Gasteiger partial charge in [-0.25, -0.2) is 4.79 Å². The number of carbonyl (C=O) groups is 1. The van der Waals surface area contributed by atoms with Gasteiger partial charge in [0, 0.05) is 5.69 Å². The fourth-order valence-electron chi connectivity index (χ4n) is 0.706. The molecule has 0 saturated heterocycles. The SMILES string of the molecule is O=C(O)C(=S)Nc1ccccc1. The summed E-state index contributed by atoms with van der Waals surface area (Å²) >= 11 is 4.55. The molecule has 62 valence electrons. The molecule has 0 radical (unpaired) electrons. The van der Waals surface area contributed by atoms with E-state index in [1.807, 2.05) is 6.07 Å². The van der Waals surface area contributed by atoms with E-state index < -0.39 is 5.97 Å². The molecule has 0 amide bonds. The summed E-state index contributed by atoms with van der Waals surface area (Å²) in [7, 11) is 0. The van der Waals surface area contributed by atoms with Gasteiger partial charge >= 0.3 is 5.97 Å². The van der Waals surface area contributed by atoms with E-state index in [-0.39, 0.29) is 4.99 Å². The molecule has 4 heteroatoms. The Kier molecular flexibility index (Phi) is 2.76. The number of benzene rings is 1. The second kappa shape index (κ2) is 3.82. The minimum Gasteiger partial charge on any atom is -0.476 e. The zero-order valence-electron chi connectivity index (χ0n) is 6.15. The second-order valence-corrected chi connectivity index (χ2v) is 2.53. The molecule has 1 aromatic rings. The number of anilines is 1. The van der Waals surface area contributed by atoms with Crippen LogP contribution in [-0.4, -0.2) is 16.1 Å². The Bertz CT molecular complexity index is 297. The predicted molar refractivity (Wildman–Crippen MR) is 50.3 cm³/mol. The molecule has 0 fully saturated rings. The topological polar surface area (TPSA) is 49.3 Å². The molecular weight excluding hydrogens is 174 g/mol. The number of carboxylic acid groups (broad SMARTS) is 1. The van der Waals surface area contributed by atoms with Crippen LogP contribution in [0.2, 0.25) is 0 Å². The standard InChI is InChI=1S/C8H7NO2S/c10-8(11)7(12)9-6-4-2-1-3-5-6/h1-5H,(H,9,12)(H,10,11). The summed E-state index contributed by atoms with van der Waals surface area (Å²) in [5, 5.41) is 11.0. The van der Waals surface area contributed by atoms with Crippen LogP contribution in [0, 0.1) is 0 Å². The quantitative estimate of drug-likeness (QED) is 0.645. The minimum absolute atomic E-state index is 0.193. The first kappa shape index (κ1) is 8.67. The molecule has 2 N–H and O–H groups in total. The van der Waals surface area contributed by atoms with Crippen LogP contribution in [0.5, 0.6) is 0 Å². The molecule has 0 spiro atoms. The number of para-hydroxylation sites is 1. The lowest BCUT2D eigenvalue weighted by Gasteiger charge is -2.01. The van der Waals surface area contributed by atoms with Gasteiger partial charge in [-0.3, -0.25) is 0 Å². The van der Waals surface area contributed by atoms with Crippen LogP contribution in [0.15, 0.2) is 30.3 Å². The maximum Gasteiger partial charge on any atom is 0.363 e. The molecule has 0 bridgehead atoms. The Morgan fingerprint density at radius 1 is 1.33 bits per heavy atom. The van der Waals surface area contributed by atoms with Crippen molar-refractivity contribution < 1.29 is 9.90 Å². The third-order valence-electron chi connectivity index (χ3n) is 1.23. The summed E-state index contributed by atoms with van der Waals surface area (Å²) in [5.41, 5.74) is 0.685. The highest BCUT2D eigenvalue weighted by atomic mass is 32.1. The zero-order chi connectivity index (χ0) is 8.97. The van der Waals surface area contributed by atoms with E-state index in [1.54, 1.807) is 24.3 Å². The first-order chi connectivity index (χ1) is 5.70. The van der Waals surface area contributed by atoms with Gasteiger partial charge in [0.1, 0.15) is 0 Å². The van der Waals surface area contributed by atoms with Crippen molar-refractivity contribution in [3.05, 3.63) is 30.3 Å². The van der Waals surface area contributed by atoms with Gasteiger partial charge < -0.3 is 10.4 Å². The number of rotatable bonds is 1. The van der Waals surface area contributed by atoms with Crippen molar-refractivity contribution >= 4 is 28.9 Å². The van der Waals surface area contributed by atoms with Crippen LogP contribution in [0.4, 0.5) is 5.69 Å². The summed E-state index contributed by atoms with van der Waals surface area (Å²) in [5.74, 6) is -1.12. The van der Waals surface area contributed by atoms with Crippen LogP contribution < -0.4 is 5.32 Å². The Labute approximate surface area is 75.0 Å². The number of nitrogens with one attached hydrogen (secondary N) is 1. The molecule has 0 aliphatic heterocycles. The van der Waals surface area contributed by atoms with Gasteiger partial charge in [-0.05, 0) is 12.1 Å². The molecule has 3 nitrogen and oxygen atoms in total. The summed E-state index contributed by atoms with van der Waals surface area (Å²) in [6.45, 7) is 0. The van der Waals surface area contributed by atoms with E-state index in [0.29, 0.717) is 5.69 Å². The molecule has 0 atom stereocenters. The van der Waals surface area contributed by atoms with Crippen molar-refractivity contribution in [2.45, 2.75) is 0 Å². The first-order valence-corrected chi connectivity index (χ1v) is 3.70. The number of hydrogen-bond acceptors (Lipinski definition) is 2. The number of carboxylic acids is 1. The van der Waals surface area contributed by atoms with E-state index in [2.05, 4.69) is 17.5 Å². The van der Waals surface area contributed by atoms with E-state index in [0.717, 1.165) is 0 Å². The van der Waals surface area contributed by atoms with Gasteiger partial charge in [-0.1, -0.05) is 30.4 Å². The van der Waals surface area contributed by atoms with Crippen molar-refractivity contribution in [3.8, 4) is 0 Å². The Balaban J connectivity index is 2.65. The van der Waals surface area contributed by atoms with Crippen LogP contribution >= 0.6 is 12.2 Å². The molecule has 0 aliphatic rings. The zero-order valence-corrected chi connectivity index (χ0v) is 6.97. The van der Waals surface area contributed by atoms with Gasteiger partial charge in [0.2, 0.25) is 0 Å². The van der Waals surface area contributed by atoms with E-state index in [9.17, 15) is 4.79 Å². The monoisotopic (exact) mass is 181 g/mol. The summed E-state index contributed by atoms with van der Waals surface area (Å²) in [4.78, 5) is 10.1. The molecule has 0 heterocycles. The van der Waals surface area contributed by atoms with Gasteiger partial charge in [-0.15, -0.1) is 0 Å². The van der Waals surface area contributed by atoms with Gasteiger partial charge in [0.25, 0.3) is 0 Å². The molecule has 0 saturated carbocycles. The normalized spacial score (nSPS) is 9.00. The van der Waals surface area contributed by atoms with Crippen molar-refractivity contribution in [2.24, 2.45) is 0 Å². The summed E-state index contributed by atoms with van der Waals surface area (Å²) < 4.78 is 0. The van der Waals surface area contributed by atoms with Crippen molar-refractivity contribution in [1.82, 2.24) is 0 Å². The third kappa shape index (κ3) is 2.32. The Morgan fingerprint density at radius 3 is 2.42 bits per heavy atom. The van der Waals surface area contributed by atoms with Crippen LogP contribution in [0.3, 0.4) is 0 Å². The fourth-order valence-corrected chi connectivity index (χ4v) is 0.824. The Hall–Kier alpha value is -1.42. The molecular formula is C8H7NO2S. The van der Waals surface area contributed by atoms with Gasteiger partial charge in [0.15, 0.2) is 4.99 Å². The highest BCUT2D eigenvalue weighted by molar-refractivity contribution is 7.82. The van der Waals surface area contributed by atoms with Crippen LogP contribution in [0.1, 0.15) is 0 Å². The average Bonchev–Trinajstić information content (AvgIpc) is 2.06. The summed E-state index contributed by atoms with van der Waals surface area (Å²) in [6, 6.07) is 8.93. The van der Waals surface area contributed by atoms with Crippen molar-refractivity contribution in [1.29, 1.82) is 0 Å². The van der Waals surface area contributed by atoms with E-state index in [1.165, 1.54) is 0 Å². The fraction of sp³-hybridized carbons (Fsp3) is 0. The third-order valence-corrected chi connectivity index (χ3v) is 1.50. The average molecular weight is 181 g/mol. The molecule has 0 unspecified atom stereocenters. The molecule has 12 heavy (non-hydrogen) atoms. The van der Waals surface area contributed by atoms with Gasteiger partial charge in [0.05, 0.1) is 0 Å². The highest BCUT2D eigenvalue weighted by Crippen LogP contribution is 2.04. The number of thiocarbonyl (C=S) groups is 1. The lowest BCUT2D eigenvalue weighted by molar-refractivity contribution is -0.129. The first-order valence-electron chi connectivity index (χ1n) is 3.29. The Morgan fingerprint density at radius 2 is 1.92 bits per heavy atom. The molecule has 1 aromatic carbocycles. The molecule has 0 aliphatic carbocycles. The highest BCUT2D eigenvalue weighted by Gasteiger charge is 2.04. The molecule has 1 rings (SSSR count). The van der Waals surface area contributed by atoms with Crippen molar-refractivity contribution in [2.75, 3.05) is 5.32 Å². The number of aliphatic carboxylic acids is 1. The van der Waals surface area contributed by atoms with Gasteiger partial charge in [-0.2, -0.15) is 0 Å². The second-order valence-electron chi connectivity index (χ2n) is 2.13. The largest absolute Gasteiger partial charge is 0.476 e. The van der Waals surface area contributed by atoms with E-state index in [4.69, 9.17) is 5.11 Å². The van der Waals surface area contributed by atoms with Crippen molar-refractivity contribution in [3.63, 3.8) is 0 Å². The lowest BCUT2D eigenvalue weighted by atomic mass is 10.3. The smallest absolute Gasteiger partial charge is 0.363 e. The summed E-state index contributed by atoms with van der Waals surface area (Å²) in [6.07, 6.45) is 0. The molecule has 0 aromatic heterocycles. The lowest BCUT2D eigenvalue weighted by Crippen LogP contribution is -2.19. The minimum atomic E-state index is -1.12. The van der Waals surface area contributed by atoms with E-state index >= 15 is 0 Å². The maximum absolute atomic E-state index is 10.3. The maximum atomic E-state index is 10.3.